The molecule has 51 heavy (non-hydrogen) atoms. The van der Waals surface area contributed by atoms with E-state index in [1.165, 1.54) is 34.1 Å². The van der Waals surface area contributed by atoms with Crippen LogP contribution in [0.1, 0.15) is 46.7 Å². The average molecular weight is 730 g/mol. The number of nitrogens with zero attached hydrogens (tertiary/aromatic N) is 4. The van der Waals surface area contributed by atoms with Gasteiger partial charge in [-0.15, -0.1) is 0 Å². The van der Waals surface area contributed by atoms with E-state index < -0.39 is 67.7 Å². The van der Waals surface area contributed by atoms with Crippen molar-refractivity contribution in [2.24, 2.45) is 5.92 Å². The zero-order chi connectivity index (χ0) is 36.7. The summed E-state index contributed by atoms with van der Waals surface area (Å²) in [6, 6.07) is 16.0. The fourth-order valence-corrected chi connectivity index (χ4v) is 7.97. The normalized spacial score (nSPS) is 24.7. The topological polar surface area (TPSA) is 154 Å². The van der Waals surface area contributed by atoms with Crippen molar-refractivity contribution in [3.05, 3.63) is 83.4 Å². The van der Waals surface area contributed by atoms with Gasteiger partial charge in [0, 0.05) is 49.3 Å². The second kappa shape index (κ2) is 14.3. The Labute approximate surface area is 291 Å². The van der Waals surface area contributed by atoms with Crippen LogP contribution in [0.2, 0.25) is 0 Å². The van der Waals surface area contributed by atoms with Gasteiger partial charge in [0.05, 0.1) is 18.5 Å². The van der Waals surface area contributed by atoms with Gasteiger partial charge in [-0.1, -0.05) is 48.5 Å². The highest BCUT2D eigenvalue weighted by atomic mass is 31.2. The van der Waals surface area contributed by atoms with Crippen molar-refractivity contribution in [1.29, 1.82) is 5.26 Å². The number of amides is 3. The van der Waals surface area contributed by atoms with Crippen LogP contribution in [0.25, 0.3) is 10.8 Å². The van der Waals surface area contributed by atoms with Crippen LogP contribution < -0.4 is 5.32 Å². The third kappa shape index (κ3) is 7.37. The maximum absolute atomic E-state index is 14.4. The number of hydrogen-bond donors (Lipinski definition) is 3. The number of benzene rings is 3. The zero-order valence-electron chi connectivity index (χ0n) is 27.2. The molecule has 3 aliphatic rings. The van der Waals surface area contributed by atoms with E-state index in [-0.39, 0.29) is 49.0 Å². The summed E-state index contributed by atoms with van der Waals surface area (Å²) in [7, 11) is -5.86. The van der Waals surface area contributed by atoms with E-state index in [1.54, 1.807) is 4.90 Å². The first-order valence-electron chi connectivity index (χ1n) is 16.5. The number of fused-ring (bicyclic) bond motifs is 2. The van der Waals surface area contributed by atoms with Crippen molar-refractivity contribution < 1.29 is 46.3 Å². The number of likely N-dealkylation sites (tertiary alicyclic amines) is 1. The van der Waals surface area contributed by atoms with E-state index in [4.69, 9.17) is 0 Å². The second-order valence-corrected chi connectivity index (χ2v) is 15.0. The van der Waals surface area contributed by atoms with Crippen LogP contribution in [0.5, 0.6) is 0 Å². The van der Waals surface area contributed by atoms with Crippen molar-refractivity contribution in [2.75, 3.05) is 32.7 Å². The Morgan fingerprint density at radius 2 is 1.71 bits per heavy atom. The molecule has 3 saturated heterocycles. The van der Waals surface area contributed by atoms with Crippen LogP contribution in [0, 0.1) is 17.2 Å². The summed E-state index contributed by atoms with van der Waals surface area (Å²) in [5, 5.41) is 13.0. The molecule has 0 aliphatic carbocycles. The number of carbonyl (C=O) groups is 3. The Bertz CT molecular complexity index is 1910. The van der Waals surface area contributed by atoms with Crippen LogP contribution >= 0.6 is 7.60 Å². The maximum Gasteiger partial charge on any atom is 0.399 e. The third-order valence-electron chi connectivity index (χ3n) is 10.1. The van der Waals surface area contributed by atoms with Gasteiger partial charge in [-0.3, -0.25) is 23.8 Å². The Morgan fingerprint density at radius 1 is 0.980 bits per heavy atom. The highest BCUT2D eigenvalue weighted by Gasteiger charge is 2.51. The fraction of sp³-hybridized carbons (Fsp3) is 0.429. The SMILES string of the molecule is N#C[C@@H]1CN(C(=O)[C@@H]2CC[C@@H]3CCN(CC(F)F)C[C@H](NC(=O)c4ccc5ccc(C(F)(F)P(=O)(O)O)cc5c4)C(=O)N32)C[C@H]1c1ccccc1. The highest BCUT2D eigenvalue weighted by Crippen LogP contribution is 2.59. The number of halogens is 4. The molecule has 3 fully saturated rings. The minimum Gasteiger partial charge on any atom is -0.339 e. The Morgan fingerprint density at radius 3 is 2.39 bits per heavy atom. The lowest BCUT2D eigenvalue weighted by molar-refractivity contribution is -0.147. The Balaban J connectivity index is 1.25. The van der Waals surface area contributed by atoms with E-state index in [1.807, 2.05) is 30.3 Å². The molecule has 11 nitrogen and oxygen atoms in total. The van der Waals surface area contributed by atoms with E-state index in [9.17, 15) is 51.6 Å². The van der Waals surface area contributed by atoms with Crippen molar-refractivity contribution in [2.45, 2.75) is 55.4 Å². The molecule has 0 radical (unpaired) electrons. The molecule has 3 aromatic carbocycles. The van der Waals surface area contributed by atoms with Crippen molar-refractivity contribution in [3.8, 4) is 6.07 Å². The molecule has 0 bridgehead atoms. The molecule has 3 N–H and O–H groups in total. The van der Waals surface area contributed by atoms with Gasteiger partial charge in [0.25, 0.3) is 12.3 Å². The number of alkyl halides is 4. The smallest absolute Gasteiger partial charge is 0.339 e. The molecule has 3 aromatic rings. The lowest BCUT2D eigenvalue weighted by Crippen LogP contribution is -2.61. The summed E-state index contributed by atoms with van der Waals surface area (Å²) in [5.74, 6) is -2.43. The van der Waals surface area contributed by atoms with E-state index in [2.05, 4.69) is 11.4 Å². The molecule has 6 rings (SSSR count). The van der Waals surface area contributed by atoms with Gasteiger partial charge < -0.3 is 24.9 Å². The third-order valence-corrected chi connectivity index (χ3v) is 11.1. The lowest BCUT2D eigenvalue weighted by atomic mass is 9.90. The largest absolute Gasteiger partial charge is 0.399 e. The molecular weight excluding hydrogens is 693 g/mol. The summed E-state index contributed by atoms with van der Waals surface area (Å²) >= 11 is 0. The minimum absolute atomic E-state index is 0.0666. The number of nitriles is 1. The molecule has 0 aromatic heterocycles. The van der Waals surface area contributed by atoms with Crippen LogP contribution in [-0.2, 0) is 19.8 Å². The van der Waals surface area contributed by atoms with Gasteiger partial charge in [0.15, 0.2) is 0 Å². The monoisotopic (exact) mass is 729 g/mol. The molecular formula is C35H36F4N5O6P. The van der Waals surface area contributed by atoms with Crippen molar-refractivity contribution in [1.82, 2.24) is 20.0 Å². The minimum atomic E-state index is -5.86. The number of hydrogen-bond acceptors (Lipinski definition) is 6. The van der Waals surface area contributed by atoms with Crippen LogP contribution in [0.3, 0.4) is 0 Å². The van der Waals surface area contributed by atoms with Gasteiger partial charge in [-0.05, 0) is 53.8 Å². The number of rotatable bonds is 8. The molecule has 0 saturated carbocycles. The van der Waals surface area contributed by atoms with Crippen molar-refractivity contribution in [3.63, 3.8) is 0 Å². The standard InChI is InChI=1S/C35H36F4N5O6P/c36-31(37)20-42-13-12-27-10-11-30(34(47)43-17-25(16-40)28(18-43)22-4-2-1-3-5-22)44(27)33(46)29(19-42)41-32(45)23-7-6-21-8-9-26(15-24(21)14-23)35(38,39)51(48,49)50/h1-9,14-15,25,27-31H,10-13,17-20H2,(H,41,45)(H2,48,49,50)/t25-,27-,28+,29+,30+/m1/s1. The second-order valence-electron chi connectivity index (χ2n) is 13.3. The fourth-order valence-electron chi connectivity index (χ4n) is 7.50. The van der Waals surface area contributed by atoms with Gasteiger partial charge in [-0.25, -0.2) is 8.78 Å². The Kier molecular flexibility index (Phi) is 10.3. The predicted molar refractivity (Wildman–Crippen MR) is 177 cm³/mol. The van der Waals surface area contributed by atoms with E-state index >= 15 is 0 Å². The average Bonchev–Trinajstić information content (AvgIpc) is 3.73. The molecule has 16 heteroatoms. The van der Waals surface area contributed by atoms with E-state index in [0.717, 1.165) is 17.7 Å². The molecule has 3 amide bonds. The van der Waals surface area contributed by atoms with Gasteiger partial charge in [-0.2, -0.15) is 14.0 Å². The summed E-state index contributed by atoms with van der Waals surface area (Å²) < 4.78 is 67.5. The first kappa shape index (κ1) is 36.4. The molecule has 3 heterocycles. The van der Waals surface area contributed by atoms with Crippen LogP contribution in [0.15, 0.2) is 66.7 Å². The quantitative estimate of drug-likeness (QED) is 0.230. The number of nitrogens with one attached hydrogen (secondary N) is 1. The summed E-state index contributed by atoms with van der Waals surface area (Å²) in [4.78, 5) is 64.7. The zero-order valence-corrected chi connectivity index (χ0v) is 28.1. The van der Waals surface area contributed by atoms with E-state index in [0.29, 0.717) is 24.6 Å². The first-order chi connectivity index (χ1) is 24.2. The van der Waals surface area contributed by atoms with Crippen LogP contribution in [0.4, 0.5) is 17.6 Å². The van der Waals surface area contributed by atoms with Gasteiger partial charge in [0.1, 0.15) is 12.1 Å². The predicted octanol–water partition coefficient (Wildman–Crippen LogP) is 4.26. The summed E-state index contributed by atoms with van der Waals surface area (Å²) in [5.41, 5.74) is -4.59. The van der Waals surface area contributed by atoms with Gasteiger partial charge in [0.2, 0.25) is 11.8 Å². The highest BCUT2D eigenvalue weighted by molar-refractivity contribution is 7.52. The summed E-state index contributed by atoms with van der Waals surface area (Å²) in [6.07, 6.45) is -1.62. The first-order valence-corrected chi connectivity index (χ1v) is 18.1. The molecule has 0 unspecified atom stereocenters. The Hall–Kier alpha value is -4.35. The maximum atomic E-state index is 14.4. The number of carbonyl (C=O) groups excluding carboxylic acids is 3. The molecule has 3 aliphatic heterocycles. The van der Waals surface area contributed by atoms with Crippen molar-refractivity contribution >= 4 is 36.1 Å². The van der Waals surface area contributed by atoms with Crippen LogP contribution in [-0.4, -0.2) is 99.5 Å². The molecule has 270 valence electrons. The summed E-state index contributed by atoms with van der Waals surface area (Å²) in [6.45, 7) is -0.275. The molecule has 0 spiro atoms. The molecule has 5 atom stereocenters. The lowest BCUT2D eigenvalue weighted by Gasteiger charge is -2.39. The van der Waals surface area contributed by atoms with Gasteiger partial charge >= 0.3 is 13.3 Å².